The van der Waals surface area contributed by atoms with Gasteiger partial charge in [0.15, 0.2) is 0 Å². The van der Waals surface area contributed by atoms with E-state index in [2.05, 4.69) is 9.71 Å². The first-order chi connectivity index (χ1) is 16.1. The van der Waals surface area contributed by atoms with E-state index in [0.717, 1.165) is 18.9 Å². The number of carbonyl (C=O) groups is 2. The van der Waals surface area contributed by atoms with E-state index in [4.69, 9.17) is 9.90 Å². The molecule has 0 bridgehead atoms. The second kappa shape index (κ2) is 12.3. The number of nitrogens with one attached hydrogen (secondary N) is 1. The number of aromatic nitrogens is 1. The maximum Gasteiger partial charge on any atom is 0.490 e. The first kappa shape index (κ1) is 29.6. The van der Waals surface area contributed by atoms with Crippen molar-refractivity contribution >= 4 is 33.5 Å². The van der Waals surface area contributed by atoms with Crippen LogP contribution in [0.4, 0.5) is 29.1 Å². The Bertz CT molecular complexity index is 1150. The number of sulfonamides is 1. The van der Waals surface area contributed by atoms with Crippen molar-refractivity contribution in [3.8, 4) is 0 Å². The summed E-state index contributed by atoms with van der Waals surface area (Å²) in [6.45, 7) is 6.77. The first-order valence-electron chi connectivity index (χ1n) is 10.2. The fourth-order valence-corrected chi connectivity index (χ4v) is 4.15. The summed E-state index contributed by atoms with van der Waals surface area (Å²) >= 11 is 0. The summed E-state index contributed by atoms with van der Waals surface area (Å²) in [5, 5.41) is 16.7. The molecule has 194 valence electrons. The molecule has 2 rings (SSSR count). The summed E-state index contributed by atoms with van der Waals surface area (Å²) in [6, 6.07) is 4.68. The predicted molar refractivity (Wildman–Crippen MR) is 120 cm³/mol. The van der Waals surface area contributed by atoms with Crippen LogP contribution in [0.3, 0.4) is 0 Å². The second-order valence-corrected chi connectivity index (χ2v) is 8.86. The highest BCUT2D eigenvalue weighted by Crippen LogP contribution is 2.25. The van der Waals surface area contributed by atoms with Gasteiger partial charge in [0.2, 0.25) is 0 Å². The van der Waals surface area contributed by atoms with Gasteiger partial charge in [0.25, 0.3) is 10.0 Å². The van der Waals surface area contributed by atoms with Crippen molar-refractivity contribution in [2.24, 2.45) is 0 Å². The van der Waals surface area contributed by atoms with Crippen LogP contribution in [0, 0.1) is 12.7 Å². The quantitative estimate of drug-likeness (QED) is 0.414. The molecule has 0 aliphatic heterocycles. The number of hydrogen-bond acceptors (Lipinski definition) is 6. The van der Waals surface area contributed by atoms with Crippen molar-refractivity contribution in [3.05, 3.63) is 47.4 Å². The second-order valence-electron chi connectivity index (χ2n) is 7.21. The third-order valence-corrected chi connectivity index (χ3v) is 5.84. The van der Waals surface area contributed by atoms with Crippen molar-refractivity contribution in [2.45, 2.75) is 44.7 Å². The molecular weight excluding hydrogens is 498 g/mol. The fraction of sp³-hybridized carbons (Fsp3) is 0.381. The molecule has 1 aromatic carbocycles. The number of carboxylic acid groups (broad SMARTS) is 2. The molecule has 1 aromatic heterocycles. The van der Waals surface area contributed by atoms with E-state index in [1.54, 1.807) is 6.92 Å². The number of rotatable bonds is 9. The van der Waals surface area contributed by atoms with Crippen molar-refractivity contribution in [1.29, 1.82) is 0 Å². The molecule has 14 heteroatoms. The number of aryl methyl sites for hydroxylation is 1. The van der Waals surface area contributed by atoms with Crippen molar-refractivity contribution in [1.82, 2.24) is 4.98 Å². The molecule has 0 saturated carbocycles. The van der Waals surface area contributed by atoms with Gasteiger partial charge in [-0.2, -0.15) is 13.2 Å². The summed E-state index contributed by atoms with van der Waals surface area (Å²) in [5.74, 6) is -4.35. The van der Waals surface area contributed by atoms with E-state index in [1.807, 2.05) is 18.7 Å². The highest BCUT2D eigenvalue weighted by atomic mass is 32.2. The Morgan fingerprint density at radius 1 is 1.09 bits per heavy atom. The lowest BCUT2D eigenvalue weighted by Gasteiger charge is -2.24. The highest BCUT2D eigenvalue weighted by Gasteiger charge is 2.38. The summed E-state index contributed by atoms with van der Waals surface area (Å²) in [4.78, 5) is 26.5. The Morgan fingerprint density at radius 3 is 2.09 bits per heavy atom. The zero-order chi connectivity index (χ0) is 27.0. The van der Waals surface area contributed by atoms with E-state index in [0.29, 0.717) is 24.5 Å². The SMILES string of the molecule is CCCN(CCC)c1ncc(NS(=O)(=O)c2cc(F)ccc2C)cc1C(=O)O.O=C(O)C(F)(F)F. The van der Waals surface area contributed by atoms with Crippen molar-refractivity contribution in [2.75, 3.05) is 22.7 Å². The Balaban J connectivity index is 0.000000762. The van der Waals surface area contributed by atoms with Crippen LogP contribution in [-0.2, 0) is 14.8 Å². The third-order valence-electron chi connectivity index (χ3n) is 4.32. The molecule has 0 aliphatic rings. The summed E-state index contributed by atoms with van der Waals surface area (Å²) < 4.78 is 72.7. The Morgan fingerprint density at radius 2 is 1.63 bits per heavy atom. The standard InChI is InChI=1S/C19H24FN3O4S.C2HF3O2/c1-4-8-23(9-5-2)18-16(19(24)25)11-15(12-21-18)22-28(26,27)17-10-14(20)7-6-13(17)3;3-2(4,5)1(6)7/h6-7,10-12,22H,4-5,8-9H2,1-3H3,(H,24,25);(H,6,7). The number of nitrogens with zero attached hydrogens (tertiary/aromatic N) is 2. The van der Waals surface area contributed by atoms with Gasteiger partial charge in [-0.25, -0.2) is 27.4 Å². The molecular formula is C21H25F4N3O6S. The maximum absolute atomic E-state index is 13.5. The average Bonchev–Trinajstić information content (AvgIpc) is 2.74. The van der Waals surface area contributed by atoms with Crippen LogP contribution in [0.15, 0.2) is 35.4 Å². The topological polar surface area (TPSA) is 137 Å². The highest BCUT2D eigenvalue weighted by molar-refractivity contribution is 7.92. The Kier molecular flexibility index (Phi) is 10.4. The van der Waals surface area contributed by atoms with Crippen LogP contribution in [0.2, 0.25) is 0 Å². The zero-order valence-corrected chi connectivity index (χ0v) is 19.9. The molecule has 0 amide bonds. The molecule has 0 aliphatic carbocycles. The largest absolute Gasteiger partial charge is 0.490 e. The Labute approximate surface area is 199 Å². The lowest BCUT2D eigenvalue weighted by molar-refractivity contribution is -0.192. The number of hydrogen-bond donors (Lipinski definition) is 3. The van der Waals surface area contributed by atoms with E-state index in [-0.39, 0.29) is 16.1 Å². The molecule has 0 fully saturated rings. The number of anilines is 2. The number of pyridine rings is 1. The molecule has 0 atom stereocenters. The normalized spacial score (nSPS) is 11.3. The lowest BCUT2D eigenvalue weighted by atomic mass is 10.2. The van der Waals surface area contributed by atoms with Gasteiger partial charge >= 0.3 is 18.1 Å². The minimum absolute atomic E-state index is 0.00208. The zero-order valence-electron chi connectivity index (χ0n) is 19.1. The van der Waals surface area contributed by atoms with Gasteiger partial charge < -0.3 is 15.1 Å². The number of alkyl halides is 3. The van der Waals surface area contributed by atoms with Crippen LogP contribution in [0.5, 0.6) is 0 Å². The fourth-order valence-electron chi connectivity index (χ4n) is 2.86. The van der Waals surface area contributed by atoms with Gasteiger partial charge in [0.1, 0.15) is 17.2 Å². The maximum atomic E-state index is 13.5. The molecule has 0 radical (unpaired) electrons. The average molecular weight is 524 g/mol. The molecule has 3 N–H and O–H groups in total. The molecule has 35 heavy (non-hydrogen) atoms. The molecule has 9 nitrogen and oxygen atoms in total. The van der Waals surface area contributed by atoms with Crippen LogP contribution >= 0.6 is 0 Å². The summed E-state index contributed by atoms with van der Waals surface area (Å²) in [7, 11) is -4.10. The summed E-state index contributed by atoms with van der Waals surface area (Å²) in [6.07, 6.45) is -2.19. The van der Waals surface area contributed by atoms with Gasteiger partial charge in [-0.3, -0.25) is 4.72 Å². The number of aromatic carboxylic acids is 1. The number of benzene rings is 1. The minimum Gasteiger partial charge on any atom is -0.478 e. The van der Waals surface area contributed by atoms with Crippen LogP contribution in [0.1, 0.15) is 42.6 Å². The van der Waals surface area contributed by atoms with E-state index >= 15 is 0 Å². The van der Waals surface area contributed by atoms with Gasteiger partial charge in [-0.05, 0) is 43.5 Å². The van der Waals surface area contributed by atoms with Gasteiger partial charge in [-0.1, -0.05) is 19.9 Å². The third kappa shape index (κ3) is 8.70. The van der Waals surface area contributed by atoms with Crippen molar-refractivity contribution < 1.29 is 45.8 Å². The predicted octanol–water partition coefficient (Wildman–Crippen LogP) is 4.29. The molecule has 0 unspecified atom stereocenters. The first-order valence-corrected chi connectivity index (χ1v) is 11.7. The van der Waals surface area contributed by atoms with E-state index < -0.39 is 34.0 Å². The van der Waals surface area contributed by atoms with Gasteiger partial charge in [0.05, 0.1) is 16.8 Å². The van der Waals surface area contributed by atoms with Gasteiger partial charge in [-0.15, -0.1) is 0 Å². The molecule has 0 saturated heterocycles. The van der Waals surface area contributed by atoms with Crippen LogP contribution in [-0.4, -0.2) is 54.8 Å². The summed E-state index contributed by atoms with van der Waals surface area (Å²) in [5.41, 5.74) is 0.268. The van der Waals surface area contributed by atoms with Crippen LogP contribution < -0.4 is 9.62 Å². The van der Waals surface area contributed by atoms with Crippen LogP contribution in [0.25, 0.3) is 0 Å². The monoisotopic (exact) mass is 523 g/mol. The Hall–Kier alpha value is -3.42. The number of halogens is 4. The molecule has 2 aromatic rings. The van der Waals surface area contributed by atoms with Crippen molar-refractivity contribution in [3.63, 3.8) is 0 Å². The number of carboxylic acids is 2. The molecule has 0 spiro atoms. The van der Waals surface area contributed by atoms with E-state index in [1.165, 1.54) is 24.4 Å². The molecule has 1 heterocycles. The van der Waals surface area contributed by atoms with Gasteiger partial charge in [0, 0.05) is 13.1 Å². The van der Waals surface area contributed by atoms with E-state index in [9.17, 15) is 35.9 Å². The lowest BCUT2D eigenvalue weighted by Crippen LogP contribution is -2.28. The minimum atomic E-state index is -5.08. The smallest absolute Gasteiger partial charge is 0.478 e. The number of aliphatic carboxylic acids is 1.